The van der Waals surface area contributed by atoms with Crippen LogP contribution in [-0.4, -0.2) is 35.9 Å². The van der Waals surface area contributed by atoms with Gasteiger partial charge in [-0.3, -0.25) is 4.79 Å². The fourth-order valence-electron chi connectivity index (χ4n) is 1.30. The summed E-state index contributed by atoms with van der Waals surface area (Å²) in [6.07, 6.45) is 5.38. The summed E-state index contributed by atoms with van der Waals surface area (Å²) in [5.74, 6) is 0.343. The molecule has 6 heteroatoms. The van der Waals surface area contributed by atoms with Crippen molar-refractivity contribution in [3.63, 3.8) is 0 Å². The number of methoxy groups -OCH3 is 1. The molecule has 2 rings (SSSR count). The van der Waals surface area contributed by atoms with Gasteiger partial charge in [-0.05, 0) is 12.8 Å². The zero-order valence-electron chi connectivity index (χ0n) is 9.01. The highest BCUT2D eigenvalue weighted by Crippen LogP contribution is 2.22. The molecule has 1 aliphatic rings. The second kappa shape index (κ2) is 5.36. The summed E-state index contributed by atoms with van der Waals surface area (Å²) in [6.45, 7) is 0. The van der Waals surface area contributed by atoms with Crippen molar-refractivity contribution < 1.29 is 13.9 Å². The molecule has 1 aromatic rings. The molecule has 1 atom stereocenters. The predicted octanol–water partition coefficient (Wildman–Crippen LogP) is 1.06. The Morgan fingerprint density at radius 1 is 1.81 bits per heavy atom. The smallest absolute Gasteiger partial charge is 0.323 e. The number of hydrogen-bond acceptors (Lipinski definition) is 6. The predicted molar refractivity (Wildman–Crippen MR) is 59.2 cm³/mol. The number of thioether (sulfide) groups is 1. The van der Waals surface area contributed by atoms with Crippen LogP contribution in [0.5, 0.6) is 0 Å². The van der Waals surface area contributed by atoms with Gasteiger partial charge in [0.25, 0.3) is 5.22 Å². The van der Waals surface area contributed by atoms with Crippen molar-refractivity contribution in [2.45, 2.75) is 30.1 Å². The summed E-state index contributed by atoms with van der Waals surface area (Å²) in [5, 5.41) is 3.81. The molecule has 5 nitrogen and oxygen atoms in total. The van der Waals surface area contributed by atoms with E-state index in [2.05, 4.69) is 10.3 Å². The van der Waals surface area contributed by atoms with Crippen LogP contribution in [0.15, 0.2) is 22.1 Å². The van der Waals surface area contributed by atoms with Gasteiger partial charge in [0, 0.05) is 11.8 Å². The summed E-state index contributed by atoms with van der Waals surface area (Å²) < 4.78 is 9.83. The van der Waals surface area contributed by atoms with E-state index in [9.17, 15) is 4.79 Å². The maximum absolute atomic E-state index is 11.5. The largest absolute Gasteiger partial charge is 0.468 e. The second-order valence-electron chi connectivity index (χ2n) is 3.63. The number of carbonyl (C=O) groups excluding carboxylic acids is 1. The van der Waals surface area contributed by atoms with Crippen molar-refractivity contribution in [1.29, 1.82) is 0 Å². The van der Waals surface area contributed by atoms with E-state index in [1.54, 1.807) is 6.20 Å². The number of rotatable bonds is 6. The first kappa shape index (κ1) is 11.5. The lowest BCUT2D eigenvalue weighted by Crippen LogP contribution is -2.40. The Bertz CT molecular complexity index is 338. The van der Waals surface area contributed by atoms with E-state index in [1.165, 1.54) is 25.1 Å². The number of ether oxygens (including phenoxy) is 1. The van der Waals surface area contributed by atoms with Crippen LogP contribution in [0.4, 0.5) is 0 Å². The van der Waals surface area contributed by atoms with Crippen molar-refractivity contribution in [3.05, 3.63) is 12.5 Å². The molecule has 0 amide bonds. The summed E-state index contributed by atoms with van der Waals surface area (Å²) in [5.41, 5.74) is 0. The Morgan fingerprint density at radius 2 is 2.62 bits per heavy atom. The van der Waals surface area contributed by atoms with Gasteiger partial charge in [-0.1, -0.05) is 11.8 Å². The number of esters is 1. The Labute approximate surface area is 97.9 Å². The lowest BCUT2D eigenvalue weighted by atomic mass is 10.3. The number of oxazole rings is 1. The molecule has 1 heterocycles. The van der Waals surface area contributed by atoms with Gasteiger partial charge in [-0.25, -0.2) is 4.98 Å². The van der Waals surface area contributed by atoms with Crippen LogP contribution in [-0.2, 0) is 9.53 Å². The number of nitrogens with zero attached hydrogens (tertiary/aromatic N) is 1. The van der Waals surface area contributed by atoms with Crippen molar-refractivity contribution in [3.8, 4) is 0 Å². The van der Waals surface area contributed by atoms with E-state index in [-0.39, 0.29) is 12.0 Å². The lowest BCUT2D eigenvalue weighted by molar-refractivity contribution is -0.142. The number of hydrogen-bond donors (Lipinski definition) is 1. The Balaban J connectivity index is 1.83. The molecule has 0 radical (unpaired) electrons. The molecule has 0 aromatic carbocycles. The third-order valence-electron chi connectivity index (χ3n) is 2.28. The van der Waals surface area contributed by atoms with Gasteiger partial charge in [-0.15, -0.1) is 0 Å². The second-order valence-corrected chi connectivity index (χ2v) is 4.60. The molecule has 88 valence electrons. The maximum atomic E-state index is 11.5. The average Bonchev–Trinajstić information content (AvgIpc) is 2.97. The van der Waals surface area contributed by atoms with Gasteiger partial charge in [0.1, 0.15) is 12.3 Å². The maximum Gasteiger partial charge on any atom is 0.323 e. The summed E-state index contributed by atoms with van der Waals surface area (Å²) in [4.78, 5) is 15.5. The molecule has 0 bridgehead atoms. The van der Waals surface area contributed by atoms with Gasteiger partial charge in [0.15, 0.2) is 0 Å². The van der Waals surface area contributed by atoms with Crippen LogP contribution >= 0.6 is 11.8 Å². The average molecular weight is 242 g/mol. The van der Waals surface area contributed by atoms with Gasteiger partial charge < -0.3 is 14.5 Å². The van der Waals surface area contributed by atoms with Crippen molar-refractivity contribution >= 4 is 17.7 Å². The Hall–Kier alpha value is -1.01. The van der Waals surface area contributed by atoms with Gasteiger partial charge in [0.2, 0.25) is 0 Å². The highest BCUT2D eigenvalue weighted by Gasteiger charge is 2.29. The van der Waals surface area contributed by atoms with E-state index < -0.39 is 0 Å². The molecule has 1 fully saturated rings. The molecule has 1 unspecified atom stereocenters. The summed E-state index contributed by atoms with van der Waals surface area (Å²) in [6, 6.07) is 0.184. The normalized spacial score (nSPS) is 17.1. The Kier molecular flexibility index (Phi) is 3.84. The third kappa shape index (κ3) is 3.24. The molecule has 1 saturated carbocycles. The van der Waals surface area contributed by atoms with Crippen LogP contribution in [0.3, 0.4) is 0 Å². The van der Waals surface area contributed by atoms with E-state index in [1.807, 2.05) is 0 Å². The first-order valence-corrected chi connectivity index (χ1v) is 6.14. The molecule has 0 spiro atoms. The SMILES string of the molecule is COC(=O)C(CSc1ncco1)NC1CC1. The lowest BCUT2D eigenvalue weighted by Gasteiger charge is -2.14. The number of nitrogens with one attached hydrogen (secondary N) is 1. The monoisotopic (exact) mass is 242 g/mol. The summed E-state index contributed by atoms with van der Waals surface area (Å²) >= 11 is 1.41. The van der Waals surface area contributed by atoms with Gasteiger partial charge >= 0.3 is 5.97 Å². The first-order chi connectivity index (χ1) is 7.79. The number of aromatic nitrogens is 1. The van der Waals surface area contributed by atoms with Gasteiger partial charge in [-0.2, -0.15) is 0 Å². The fourth-order valence-corrected chi connectivity index (χ4v) is 2.10. The van der Waals surface area contributed by atoms with Crippen LogP contribution < -0.4 is 5.32 Å². The minimum atomic E-state index is -0.283. The van der Waals surface area contributed by atoms with Crippen LogP contribution in [0.25, 0.3) is 0 Å². The molecular formula is C10H14N2O3S. The molecule has 1 N–H and O–H groups in total. The van der Waals surface area contributed by atoms with Crippen molar-refractivity contribution in [2.24, 2.45) is 0 Å². The number of carbonyl (C=O) groups is 1. The summed E-state index contributed by atoms with van der Waals surface area (Å²) in [7, 11) is 1.40. The third-order valence-corrected chi connectivity index (χ3v) is 3.23. The van der Waals surface area contributed by atoms with Crippen LogP contribution in [0, 0.1) is 0 Å². The molecule has 1 aliphatic carbocycles. The minimum Gasteiger partial charge on any atom is -0.468 e. The first-order valence-electron chi connectivity index (χ1n) is 5.16. The zero-order valence-corrected chi connectivity index (χ0v) is 9.83. The Morgan fingerprint density at radius 3 is 3.19 bits per heavy atom. The fraction of sp³-hybridized carbons (Fsp3) is 0.600. The van der Waals surface area contributed by atoms with Crippen LogP contribution in [0.2, 0.25) is 0 Å². The molecular weight excluding hydrogens is 228 g/mol. The standard InChI is InChI=1S/C10H14N2O3S/c1-14-9(13)8(12-7-2-3-7)6-16-10-11-4-5-15-10/h4-5,7-8,12H,2-3,6H2,1H3. The molecule has 1 aromatic heterocycles. The van der Waals surface area contributed by atoms with Crippen molar-refractivity contribution in [2.75, 3.05) is 12.9 Å². The molecule has 0 aliphatic heterocycles. The minimum absolute atomic E-state index is 0.231. The quantitative estimate of drug-likeness (QED) is 0.594. The molecule has 0 saturated heterocycles. The highest BCUT2D eigenvalue weighted by molar-refractivity contribution is 7.99. The molecule has 16 heavy (non-hydrogen) atoms. The van der Waals surface area contributed by atoms with E-state index in [0.717, 1.165) is 12.8 Å². The van der Waals surface area contributed by atoms with Crippen LogP contribution in [0.1, 0.15) is 12.8 Å². The topological polar surface area (TPSA) is 64.4 Å². The van der Waals surface area contributed by atoms with Crippen molar-refractivity contribution in [1.82, 2.24) is 10.3 Å². The zero-order chi connectivity index (χ0) is 11.4. The highest BCUT2D eigenvalue weighted by atomic mass is 32.2. The van der Waals surface area contributed by atoms with E-state index >= 15 is 0 Å². The van der Waals surface area contributed by atoms with E-state index in [4.69, 9.17) is 9.15 Å². The van der Waals surface area contributed by atoms with E-state index in [0.29, 0.717) is 17.0 Å². The van der Waals surface area contributed by atoms with Gasteiger partial charge in [0.05, 0.1) is 13.3 Å².